The Balaban J connectivity index is 1.90. The van der Waals surface area contributed by atoms with Gasteiger partial charge in [0.2, 0.25) is 0 Å². The van der Waals surface area contributed by atoms with E-state index in [9.17, 15) is 0 Å². The van der Waals surface area contributed by atoms with Crippen LogP contribution < -0.4 is 0 Å². The highest BCUT2D eigenvalue weighted by Gasteiger charge is 2.15. The number of rotatable bonds is 2. The van der Waals surface area contributed by atoms with Crippen LogP contribution in [0.3, 0.4) is 0 Å². The first-order valence-corrected chi connectivity index (χ1v) is 8.29. The maximum absolute atomic E-state index is 4.89. The summed E-state index contributed by atoms with van der Waals surface area (Å²) in [4.78, 5) is 13.3. The van der Waals surface area contributed by atoms with Gasteiger partial charge in [0.25, 0.3) is 0 Å². The highest BCUT2D eigenvalue weighted by atomic mass is 14.9. The number of hydrogen-bond acceptors (Lipinski definition) is 2. The van der Waals surface area contributed by atoms with Crippen LogP contribution in [0.5, 0.6) is 0 Å². The summed E-state index contributed by atoms with van der Waals surface area (Å²) in [5, 5.41) is 1.12. The molecule has 118 valence electrons. The number of nitrogens with zero attached hydrogens (tertiary/aromatic N) is 2. The summed E-state index contributed by atoms with van der Waals surface area (Å²) >= 11 is 0. The summed E-state index contributed by atoms with van der Waals surface area (Å²) < 4.78 is 0. The molecule has 3 nitrogen and oxygen atoms in total. The third kappa shape index (κ3) is 2.29. The number of fused-ring (bicyclic) bond motifs is 3. The van der Waals surface area contributed by atoms with Crippen molar-refractivity contribution < 1.29 is 0 Å². The number of H-pyrrole nitrogens is 1. The normalized spacial score (nSPS) is 11.2. The second-order valence-electron chi connectivity index (χ2n) is 6.02. The number of para-hydroxylation sites is 1. The number of aromatic amines is 1. The Morgan fingerprint density at radius 3 is 2.00 bits per heavy atom. The highest BCUT2D eigenvalue weighted by molar-refractivity contribution is 6.09. The van der Waals surface area contributed by atoms with E-state index in [0.717, 1.165) is 44.6 Å². The van der Waals surface area contributed by atoms with E-state index in [1.807, 2.05) is 60.7 Å². The van der Waals surface area contributed by atoms with Gasteiger partial charge in [0.15, 0.2) is 5.82 Å². The van der Waals surface area contributed by atoms with E-state index in [1.54, 1.807) is 0 Å². The van der Waals surface area contributed by atoms with Crippen molar-refractivity contribution in [2.24, 2.45) is 0 Å². The maximum Gasteiger partial charge on any atom is 0.160 e. The van der Waals surface area contributed by atoms with E-state index < -0.39 is 0 Å². The molecule has 2 heterocycles. The summed E-state index contributed by atoms with van der Waals surface area (Å²) in [5.41, 5.74) is 6.05. The van der Waals surface area contributed by atoms with Crippen LogP contribution in [0.25, 0.3) is 44.6 Å². The van der Waals surface area contributed by atoms with Crippen molar-refractivity contribution in [2.75, 3.05) is 0 Å². The molecule has 0 saturated heterocycles. The molecule has 0 saturated carbocycles. The van der Waals surface area contributed by atoms with Crippen LogP contribution in [-0.2, 0) is 0 Å². The van der Waals surface area contributed by atoms with Gasteiger partial charge >= 0.3 is 0 Å². The van der Waals surface area contributed by atoms with Gasteiger partial charge in [-0.3, -0.25) is 0 Å². The third-order valence-corrected chi connectivity index (χ3v) is 4.43. The van der Waals surface area contributed by atoms with Crippen molar-refractivity contribution >= 4 is 21.9 Å². The van der Waals surface area contributed by atoms with Gasteiger partial charge in [-0.25, -0.2) is 9.97 Å². The number of nitrogens with one attached hydrogen (secondary N) is 1. The number of aromatic nitrogens is 3. The smallest absolute Gasteiger partial charge is 0.160 e. The van der Waals surface area contributed by atoms with Gasteiger partial charge in [-0.05, 0) is 6.07 Å². The number of hydrogen-bond donors (Lipinski definition) is 1. The lowest BCUT2D eigenvalue weighted by atomic mass is 10.1. The first-order valence-electron chi connectivity index (χ1n) is 8.29. The van der Waals surface area contributed by atoms with Crippen molar-refractivity contribution in [3.8, 4) is 22.6 Å². The van der Waals surface area contributed by atoms with Crippen LogP contribution in [0.2, 0.25) is 0 Å². The largest absolute Gasteiger partial charge is 0.351 e. The van der Waals surface area contributed by atoms with E-state index in [4.69, 9.17) is 9.97 Å². The molecule has 1 N–H and O–H groups in total. The SMILES string of the molecule is c1ccc(-c2nc(-c3ccccc3)c3[nH]c4ccccc4c3n2)cc1. The first kappa shape index (κ1) is 13.9. The monoisotopic (exact) mass is 321 g/mol. The lowest BCUT2D eigenvalue weighted by Gasteiger charge is -2.07. The van der Waals surface area contributed by atoms with Gasteiger partial charge in [0.05, 0.1) is 11.2 Å². The molecule has 0 aliphatic heterocycles. The molecule has 0 atom stereocenters. The standard InChI is InChI=1S/C22H15N3/c1-3-9-15(10-4-1)19-21-20(17-13-7-8-14-18(17)23-21)25-22(24-19)16-11-5-2-6-12-16/h1-14,23H. The molecule has 0 aliphatic carbocycles. The molecule has 0 fully saturated rings. The van der Waals surface area contributed by atoms with Crippen LogP contribution in [0.4, 0.5) is 0 Å². The molecule has 3 aromatic carbocycles. The molecule has 0 bridgehead atoms. The minimum absolute atomic E-state index is 0.747. The average molecular weight is 321 g/mol. The van der Waals surface area contributed by atoms with Crippen molar-refractivity contribution in [1.82, 2.24) is 15.0 Å². The quantitative estimate of drug-likeness (QED) is 0.470. The van der Waals surface area contributed by atoms with Crippen molar-refractivity contribution in [3.05, 3.63) is 84.9 Å². The zero-order valence-electron chi connectivity index (χ0n) is 13.5. The Morgan fingerprint density at radius 2 is 1.24 bits per heavy atom. The highest BCUT2D eigenvalue weighted by Crippen LogP contribution is 2.32. The van der Waals surface area contributed by atoms with E-state index in [1.165, 1.54) is 0 Å². The summed E-state index contributed by atoms with van der Waals surface area (Å²) in [6.45, 7) is 0. The summed E-state index contributed by atoms with van der Waals surface area (Å²) in [6, 6.07) is 28.6. The van der Waals surface area contributed by atoms with Crippen molar-refractivity contribution in [3.63, 3.8) is 0 Å². The molecule has 5 aromatic rings. The fourth-order valence-corrected chi connectivity index (χ4v) is 3.23. The van der Waals surface area contributed by atoms with E-state index in [-0.39, 0.29) is 0 Å². The molecule has 2 aromatic heterocycles. The van der Waals surface area contributed by atoms with E-state index in [0.29, 0.717) is 0 Å². The van der Waals surface area contributed by atoms with Gasteiger partial charge in [-0.15, -0.1) is 0 Å². The molecule has 5 rings (SSSR count). The number of benzene rings is 3. The minimum Gasteiger partial charge on any atom is -0.351 e. The predicted molar refractivity (Wildman–Crippen MR) is 102 cm³/mol. The molecule has 0 radical (unpaired) electrons. The summed E-state index contributed by atoms with van der Waals surface area (Å²) in [5.74, 6) is 0.747. The first-order chi connectivity index (χ1) is 12.4. The molecule has 0 aliphatic rings. The van der Waals surface area contributed by atoms with Crippen molar-refractivity contribution in [2.45, 2.75) is 0 Å². The van der Waals surface area contributed by atoms with Crippen LogP contribution >= 0.6 is 0 Å². The van der Waals surface area contributed by atoms with Gasteiger partial charge in [-0.2, -0.15) is 0 Å². The minimum atomic E-state index is 0.747. The molecule has 0 unspecified atom stereocenters. The van der Waals surface area contributed by atoms with Crippen molar-refractivity contribution in [1.29, 1.82) is 0 Å². The van der Waals surface area contributed by atoms with Crippen LogP contribution in [0, 0.1) is 0 Å². The average Bonchev–Trinajstić information content (AvgIpc) is 3.07. The van der Waals surface area contributed by atoms with Crippen LogP contribution in [0.15, 0.2) is 84.9 Å². The Bertz CT molecular complexity index is 1180. The lowest BCUT2D eigenvalue weighted by Crippen LogP contribution is -1.94. The predicted octanol–water partition coefficient (Wildman–Crippen LogP) is 5.45. The zero-order chi connectivity index (χ0) is 16.6. The molecular formula is C22H15N3. The summed E-state index contributed by atoms with van der Waals surface area (Å²) in [7, 11) is 0. The second kappa shape index (κ2) is 5.56. The Morgan fingerprint density at radius 1 is 0.600 bits per heavy atom. The topological polar surface area (TPSA) is 41.6 Å². The van der Waals surface area contributed by atoms with Gasteiger partial charge in [-0.1, -0.05) is 78.9 Å². The Labute approximate surface area is 145 Å². The van der Waals surface area contributed by atoms with Gasteiger partial charge in [0.1, 0.15) is 5.52 Å². The Kier molecular flexibility index (Phi) is 3.10. The van der Waals surface area contributed by atoms with Gasteiger partial charge < -0.3 is 4.98 Å². The molecular weight excluding hydrogens is 306 g/mol. The van der Waals surface area contributed by atoms with E-state index in [2.05, 4.69) is 29.2 Å². The lowest BCUT2D eigenvalue weighted by molar-refractivity contribution is 1.23. The Hall–Kier alpha value is -3.46. The molecule has 25 heavy (non-hydrogen) atoms. The summed E-state index contributed by atoms with van der Waals surface area (Å²) in [6.07, 6.45) is 0. The van der Waals surface area contributed by atoms with Crippen LogP contribution in [-0.4, -0.2) is 15.0 Å². The van der Waals surface area contributed by atoms with Gasteiger partial charge in [0, 0.05) is 22.0 Å². The molecule has 0 spiro atoms. The molecule has 0 amide bonds. The zero-order valence-corrected chi connectivity index (χ0v) is 13.5. The maximum atomic E-state index is 4.89. The molecule has 3 heteroatoms. The third-order valence-electron chi connectivity index (χ3n) is 4.43. The van der Waals surface area contributed by atoms with Crippen LogP contribution in [0.1, 0.15) is 0 Å². The fraction of sp³-hybridized carbons (Fsp3) is 0. The fourth-order valence-electron chi connectivity index (χ4n) is 3.23. The second-order valence-corrected chi connectivity index (χ2v) is 6.02. The van der Waals surface area contributed by atoms with E-state index >= 15 is 0 Å².